The number of benzene rings is 1. The number of H-pyrrole nitrogens is 1. The van der Waals surface area contributed by atoms with Gasteiger partial charge < -0.3 is 10.1 Å². The van der Waals surface area contributed by atoms with E-state index in [1.54, 1.807) is 4.68 Å². The van der Waals surface area contributed by atoms with Gasteiger partial charge in [0.1, 0.15) is 11.3 Å². The van der Waals surface area contributed by atoms with E-state index in [2.05, 4.69) is 58.3 Å². The maximum absolute atomic E-state index is 11.0. The molecule has 1 atom stereocenters. The highest BCUT2D eigenvalue weighted by Gasteiger charge is 2.40. The lowest BCUT2D eigenvalue weighted by Crippen LogP contribution is -2.31. The molecule has 0 radical (unpaired) electrons. The number of aromatic nitrogens is 4. The lowest BCUT2D eigenvalue weighted by atomic mass is 10.00. The topological polar surface area (TPSA) is 70.0 Å². The molecule has 1 aromatic carbocycles. The second kappa shape index (κ2) is 5.72. The van der Waals surface area contributed by atoms with Crippen LogP contribution in [-0.4, -0.2) is 43.1 Å². The molecule has 1 fully saturated rings. The summed E-state index contributed by atoms with van der Waals surface area (Å²) in [7, 11) is 0. The lowest BCUT2D eigenvalue weighted by molar-refractivity contribution is 0.0408. The van der Waals surface area contributed by atoms with Crippen LogP contribution in [0, 0.1) is 0 Å². The van der Waals surface area contributed by atoms with Crippen LogP contribution in [0.25, 0.3) is 10.9 Å². The fourth-order valence-electron chi connectivity index (χ4n) is 3.48. The molecule has 6 heteroatoms. The van der Waals surface area contributed by atoms with Crippen molar-refractivity contribution in [2.24, 2.45) is 0 Å². The quantitative estimate of drug-likeness (QED) is 0.773. The Bertz CT molecular complexity index is 852. The highest BCUT2D eigenvalue weighted by Crippen LogP contribution is 2.32. The third-order valence-corrected chi connectivity index (χ3v) is 4.91. The smallest absolute Gasteiger partial charge is 0.124 e. The van der Waals surface area contributed by atoms with Gasteiger partial charge in [0.15, 0.2) is 0 Å². The van der Waals surface area contributed by atoms with Gasteiger partial charge in [-0.15, -0.1) is 5.10 Å². The standard InChI is InChI=1S/C18H23N5O/c1-13(2)23-11-16(20-21-23)18(24)7-9-22(12-18)10-15-5-3-4-14-6-8-19-17(14)15/h3-6,8,11,13,19,24H,7,9-10,12H2,1-2H3. The second-order valence-corrected chi connectivity index (χ2v) is 7.03. The van der Waals surface area contributed by atoms with E-state index in [1.165, 1.54) is 16.5 Å². The predicted molar refractivity (Wildman–Crippen MR) is 92.5 cm³/mol. The summed E-state index contributed by atoms with van der Waals surface area (Å²) < 4.78 is 1.80. The van der Waals surface area contributed by atoms with E-state index in [-0.39, 0.29) is 6.04 Å². The number of nitrogens with zero attached hydrogens (tertiary/aromatic N) is 4. The van der Waals surface area contributed by atoms with Crippen LogP contribution in [0.3, 0.4) is 0 Å². The van der Waals surface area contributed by atoms with Gasteiger partial charge in [-0.25, -0.2) is 4.68 Å². The molecule has 3 aromatic rings. The molecule has 6 nitrogen and oxygen atoms in total. The van der Waals surface area contributed by atoms with Crippen LogP contribution < -0.4 is 0 Å². The first-order valence-corrected chi connectivity index (χ1v) is 8.47. The van der Waals surface area contributed by atoms with E-state index in [9.17, 15) is 5.11 Å². The van der Waals surface area contributed by atoms with Crippen LogP contribution in [0.4, 0.5) is 0 Å². The summed E-state index contributed by atoms with van der Waals surface area (Å²) in [5.74, 6) is 0. The Morgan fingerprint density at radius 1 is 1.33 bits per heavy atom. The summed E-state index contributed by atoms with van der Waals surface area (Å²) in [6, 6.07) is 8.68. The van der Waals surface area contributed by atoms with Gasteiger partial charge in [-0.1, -0.05) is 23.4 Å². The van der Waals surface area contributed by atoms with Gasteiger partial charge in [0.2, 0.25) is 0 Å². The molecule has 1 saturated heterocycles. The molecule has 1 unspecified atom stereocenters. The number of fused-ring (bicyclic) bond motifs is 1. The number of aromatic amines is 1. The first kappa shape index (κ1) is 15.4. The summed E-state index contributed by atoms with van der Waals surface area (Å²) >= 11 is 0. The van der Waals surface area contributed by atoms with Crippen LogP contribution in [-0.2, 0) is 12.1 Å². The number of hydrogen-bond donors (Lipinski definition) is 2. The van der Waals surface area contributed by atoms with Crippen LogP contribution in [0.2, 0.25) is 0 Å². The van der Waals surface area contributed by atoms with E-state index in [4.69, 9.17) is 0 Å². The molecule has 3 heterocycles. The molecule has 1 aliphatic heterocycles. The highest BCUT2D eigenvalue weighted by atomic mass is 16.3. The minimum atomic E-state index is -0.906. The Labute approximate surface area is 141 Å². The third-order valence-electron chi connectivity index (χ3n) is 4.91. The van der Waals surface area contributed by atoms with Crippen LogP contribution >= 0.6 is 0 Å². The van der Waals surface area contributed by atoms with Gasteiger partial charge in [-0.05, 0) is 37.3 Å². The second-order valence-electron chi connectivity index (χ2n) is 7.03. The molecule has 2 aromatic heterocycles. The molecule has 126 valence electrons. The predicted octanol–water partition coefficient (Wildman–Crippen LogP) is 2.43. The minimum absolute atomic E-state index is 0.248. The number of rotatable bonds is 4. The van der Waals surface area contributed by atoms with Crippen molar-refractivity contribution in [3.8, 4) is 0 Å². The van der Waals surface area contributed by atoms with Gasteiger partial charge in [0, 0.05) is 37.4 Å². The van der Waals surface area contributed by atoms with E-state index in [1.807, 2.05) is 12.4 Å². The first-order valence-electron chi connectivity index (χ1n) is 8.47. The van der Waals surface area contributed by atoms with Gasteiger partial charge in [-0.3, -0.25) is 4.90 Å². The van der Waals surface area contributed by atoms with Gasteiger partial charge in [-0.2, -0.15) is 0 Å². The molecule has 4 rings (SSSR count). The summed E-state index contributed by atoms with van der Waals surface area (Å²) in [5.41, 5.74) is 2.21. The molecular formula is C18H23N5O. The van der Waals surface area contributed by atoms with Crippen LogP contribution in [0.5, 0.6) is 0 Å². The molecule has 0 amide bonds. The molecule has 0 aliphatic carbocycles. The summed E-state index contributed by atoms with van der Waals surface area (Å²) in [6.07, 6.45) is 4.53. The average molecular weight is 325 g/mol. The number of nitrogens with one attached hydrogen (secondary N) is 1. The zero-order chi connectivity index (χ0) is 16.7. The number of para-hydroxylation sites is 1. The number of hydrogen-bond acceptors (Lipinski definition) is 4. The van der Waals surface area contributed by atoms with E-state index >= 15 is 0 Å². The first-order chi connectivity index (χ1) is 11.5. The zero-order valence-corrected chi connectivity index (χ0v) is 14.1. The number of aliphatic hydroxyl groups is 1. The van der Waals surface area contributed by atoms with Crippen molar-refractivity contribution in [1.29, 1.82) is 0 Å². The van der Waals surface area contributed by atoms with Crippen molar-refractivity contribution in [1.82, 2.24) is 24.9 Å². The van der Waals surface area contributed by atoms with Crippen LogP contribution in [0.15, 0.2) is 36.7 Å². The van der Waals surface area contributed by atoms with Gasteiger partial charge >= 0.3 is 0 Å². The third kappa shape index (κ3) is 2.61. The van der Waals surface area contributed by atoms with Crippen molar-refractivity contribution < 1.29 is 5.11 Å². The van der Waals surface area contributed by atoms with E-state index in [0.717, 1.165) is 13.1 Å². The Morgan fingerprint density at radius 3 is 3.00 bits per heavy atom. The molecule has 1 aliphatic rings. The van der Waals surface area contributed by atoms with Crippen molar-refractivity contribution in [2.45, 2.75) is 38.5 Å². The lowest BCUT2D eigenvalue weighted by Gasteiger charge is -2.21. The Balaban J connectivity index is 1.52. The normalized spacial score (nSPS) is 22.0. The van der Waals surface area contributed by atoms with Crippen LogP contribution in [0.1, 0.15) is 37.6 Å². The fourth-order valence-corrected chi connectivity index (χ4v) is 3.48. The Hall–Kier alpha value is -2.18. The largest absolute Gasteiger partial charge is 0.382 e. The minimum Gasteiger partial charge on any atom is -0.382 e. The zero-order valence-electron chi connectivity index (χ0n) is 14.1. The molecule has 0 saturated carbocycles. The SMILES string of the molecule is CC(C)n1cc(C2(O)CCN(Cc3cccc4cc[nH]c34)C2)nn1. The van der Waals surface area contributed by atoms with Crippen molar-refractivity contribution in [2.75, 3.05) is 13.1 Å². The maximum Gasteiger partial charge on any atom is 0.124 e. The van der Waals surface area contributed by atoms with Gasteiger partial charge in [0.25, 0.3) is 0 Å². The summed E-state index contributed by atoms with van der Waals surface area (Å²) in [5, 5.41) is 20.6. The Kier molecular flexibility index (Phi) is 3.66. The molecular weight excluding hydrogens is 302 g/mol. The fraction of sp³-hybridized carbons (Fsp3) is 0.444. The summed E-state index contributed by atoms with van der Waals surface area (Å²) in [6.45, 7) is 6.36. The number of β-amino-alcohol motifs (C(OH)–C–C–N with tert-alkyl or cyclic N) is 1. The number of likely N-dealkylation sites (tertiary alicyclic amines) is 1. The van der Waals surface area contributed by atoms with Gasteiger partial charge in [0.05, 0.1) is 6.20 Å². The average Bonchev–Trinajstić information content (AvgIpc) is 3.26. The van der Waals surface area contributed by atoms with E-state index < -0.39 is 5.60 Å². The highest BCUT2D eigenvalue weighted by molar-refractivity contribution is 5.82. The van der Waals surface area contributed by atoms with Crippen molar-refractivity contribution in [3.05, 3.63) is 47.9 Å². The van der Waals surface area contributed by atoms with Crippen molar-refractivity contribution in [3.63, 3.8) is 0 Å². The van der Waals surface area contributed by atoms with Crippen molar-refractivity contribution >= 4 is 10.9 Å². The maximum atomic E-state index is 11.0. The molecule has 2 N–H and O–H groups in total. The Morgan fingerprint density at radius 2 is 2.21 bits per heavy atom. The van der Waals surface area contributed by atoms with E-state index in [0.29, 0.717) is 18.7 Å². The monoisotopic (exact) mass is 325 g/mol. The molecule has 24 heavy (non-hydrogen) atoms. The molecule has 0 bridgehead atoms. The molecule has 0 spiro atoms. The summed E-state index contributed by atoms with van der Waals surface area (Å²) in [4.78, 5) is 5.60.